The lowest BCUT2D eigenvalue weighted by molar-refractivity contribution is 1.05. The van der Waals surface area contributed by atoms with Gasteiger partial charge in [-0.1, -0.05) is 200 Å². The number of rotatable bonds is 8. The number of fused-ring (bicyclic) bond motifs is 6. The van der Waals surface area contributed by atoms with Gasteiger partial charge in [-0.15, -0.1) is 0 Å². The number of hydrogen-bond acceptors (Lipinski definition) is 2. The number of hydrogen-bond donors (Lipinski definition) is 0. The highest BCUT2D eigenvalue weighted by atomic mass is 28.3. The second-order valence-corrected chi connectivity index (χ2v) is 20.0. The molecule has 9 aromatic carbocycles. The lowest BCUT2D eigenvalue weighted by Crippen LogP contribution is -2.74. The van der Waals surface area contributed by atoms with Gasteiger partial charge in [-0.05, 0) is 57.1 Å². The maximum atomic E-state index is 5.36. The summed E-state index contributed by atoms with van der Waals surface area (Å²) in [6.45, 7) is 0. The molecule has 63 heavy (non-hydrogen) atoms. The zero-order valence-corrected chi connectivity index (χ0v) is 35.4. The molecule has 0 fully saturated rings. The van der Waals surface area contributed by atoms with Crippen LogP contribution in [-0.2, 0) is 0 Å². The van der Waals surface area contributed by atoms with Crippen LogP contribution in [0.4, 0.5) is 0 Å². The fourth-order valence-electron chi connectivity index (χ4n) is 9.92. The van der Waals surface area contributed by atoms with E-state index in [-0.39, 0.29) is 0 Å². The van der Waals surface area contributed by atoms with E-state index in [2.05, 4.69) is 246 Å². The third-order valence-electron chi connectivity index (χ3n) is 12.7. The molecule has 0 bridgehead atoms. The maximum Gasteiger partial charge on any atom is 0.179 e. The first-order valence-electron chi connectivity index (χ1n) is 21.5. The minimum atomic E-state index is -2.70. The van der Waals surface area contributed by atoms with E-state index in [4.69, 9.17) is 9.97 Å². The lowest BCUT2D eigenvalue weighted by Gasteiger charge is -2.34. The summed E-state index contributed by atoms with van der Waals surface area (Å²) in [6.07, 6.45) is 0. The minimum absolute atomic E-state index is 0.682. The van der Waals surface area contributed by atoms with Crippen LogP contribution in [0.15, 0.2) is 243 Å². The van der Waals surface area contributed by atoms with E-state index >= 15 is 0 Å². The molecule has 12 aromatic rings. The van der Waals surface area contributed by atoms with E-state index in [9.17, 15) is 0 Å². The van der Waals surface area contributed by atoms with E-state index in [1.165, 1.54) is 53.3 Å². The summed E-state index contributed by atoms with van der Waals surface area (Å²) in [5.74, 6) is 1.50. The van der Waals surface area contributed by atoms with Crippen molar-refractivity contribution < 1.29 is 0 Å². The summed E-state index contributed by atoms with van der Waals surface area (Å²) < 4.78 is 4.70. The van der Waals surface area contributed by atoms with Crippen LogP contribution < -0.4 is 20.7 Å². The average molecular weight is 821 g/mol. The van der Waals surface area contributed by atoms with Gasteiger partial charge in [0.15, 0.2) is 13.9 Å². The summed E-state index contributed by atoms with van der Waals surface area (Å²) in [6, 6.07) is 87.8. The third kappa shape index (κ3) is 5.97. The van der Waals surface area contributed by atoms with Gasteiger partial charge in [-0.3, -0.25) is 4.57 Å². The van der Waals surface area contributed by atoms with Crippen molar-refractivity contribution in [3.8, 4) is 34.2 Å². The standard InChI is InChI=1S/C58H40N4Si/c1-5-19-42(20-6-1)58-59-52(41-33-36-47(37-34-41)63(44-21-7-2-8-22-44,45-23-9-3-10-24-45)46-25-11-4-12-26-46)40-57(60-58)62-55-32-18-15-29-50(55)51-39-43(35-38-56(51)62)61-53-30-16-13-27-48(53)49-28-14-17-31-54(49)61/h1-40H. The van der Waals surface area contributed by atoms with Crippen molar-refractivity contribution in [2.75, 3.05) is 0 Å². The van der Waals surface area contributed by atoms with Crippen LogP contribution in [0.2, 0.25) is 0 Å². The Bertz CT molecular complexity index is 3450. The molecule has 0 radical (unpaired) electrons. The number of aromatic nitrogens is 4. The Morgan fingerprint density at radius 3 is 1.27 bits per heavy atom. The first-order chi connectivity index (χ1) is 31.3. The van der Waals surface area contributed by atoms with E-state index in [1.54, 1.807) is 0 Å². The van der Waals surface area contributed by atoms with Crippen molar-refractivity contribution in [1.29, 1.82) is 0 Å². The van der Waals surface area contributed by atoms with Crippen LogP contribution in [0, 0.1) is 0 Å². The molecule has 3 aromatic heterocycles. The van der Waals surface area contributed by atoms with Gasteiger partial charge in [0.2, 0.25) is 0 Å². The first-order valence-corrected chi connectivity index (χ1v) is 23.5. The minimum Gasteiger partial charge on any atom is -0.309 e. The Balaban J connectivity index is 1.05. The summed E-state index contributed by atoms with van der Waals surface area (Å²) in [7, 11) is -2.70. The summed E-state index contributed by atoms with van der Waals surface area (Å²) in [5, 5.41) is 10.2. The second-order valence-electron chi connectivity index (χ2n) is 16.2. The van der Waals surface area contributed by atoms with Gasteiger partial charge >= 0.3 is 0 Å². The molecule has 0 saturated carbocycles. The molecule has 0 saturated heterocycles. The highest BCUT2D eigenvalue weighted by Gasteiger charge is 2.41. The lowest BCUT2D eigenvalue weighted by atomic mass is 10.1. The normalized spacial score (nSPS) is 11.8. The second kappa shape index (κ2) is 15.1. The Morgan fingerprint density at radius 2 is 0.730 bits per heavy atom. The molecule has 3 heterocycles. The smallest absolute Gasteiger partial charge is 0.179 e. The summed E-state index contributed by atoms with van der Waals surface area (Å²) in [5.41, 5.74) is 8.55. The topological polar surface area (TPSA) is 35.6 Å². The maximum absolute atomic E-state index is 5.36. The van der Waals surface area contributed by atoms with Crippen molar-refractivity contribution in [2.45, 2.75) is 0 Å². The third-order valence-corrected chi connectivity index (χ3v) is 17.5. The molecule has 12 rings (SSSR count). The van der Waals surface area contributed by atoms with Gasteiger partial charge in [0.25, 0.3) is 0 Å². The molecule has 0 unspecified atom stereocenters. The molecule has 0 N–H and O–H groups in total. The van der Waals surface area contributed by atoms with Crippen molar-refractivity contribution in [1.82, 2.24) is 19.1 Å². The Hall–Kier alpha value is -8.12. The first kappa shape index (κ1) is 36.7. The van der Waals surface area contributed by atoms with E-state index in [1.807, 2.05) is 6.07 Å². The number of nitrogens with zero attached hydrogens (tertiary/aromatic N) is 4. The summed E-state index contributed by atoms with van der Waals surface area (Å²) >= 11 is 0. The molecular formula is C58H40N4Si. The van der Waals surface area contributed by atoms with Gasteiger partial charge < -0.3 is 4.57 Å². The molecular weight excluding hydrogens is 781 g/mol. The molecule has 4 nitrogen and oxygen atoms in total. The number of benzene rings is 9. The Morgan fingerprint density at radius 1 is 0.302 bits per heavy atom. The van der Waals surface area contributed by atoms with Crippen molar-refractivity contribution in [3.63, 3.8) is 0 Å². The zero-order chi connectivity index (χ0) is 41.7. The van der Waals surface area contributed by atoms with Gasteiger partial charge in [-0.25, -0.2) is 9.97 Å². The SMILES string of the molecule is c1ccc(-c2nc(-c3ccc([Si](c4ccccc4)(c4ccccc4)c4ccccc4)cc3)cc(-n3c4ccccc4c4cc(-n5c6ccccc6c6ccccc65)ccc43)n2)cc1. The molecule has 296 valence electrons. The van der Waals surface area contributed by atoms with Crippen LogP contribution in [0.1, 0.15) is 0 Å². The number of para-hydroxylation sites is 3. The van der Waals surface area contributed by atoms with Crippen LogP contribution in [-0.4, -0.2) is 27.2 Å². The van der Waals surface area contributed by atoms with Gasteiger partial charge in [0.05, 0.1) is 27.8 Å². The van der Waals surface area contributed by atoms with Crippen LogP contribution in [0.5, 0.6) is 0 Å². The molecule has 0 aliphatic heterocycles. The monoisotopic (exact) mass is 820 g/mol. The highest BCUT2D eigenvalue weighted by Crippen LogP contribution is 2.37. The molecule has 0 spiro atoms. The molecule has 0 aliphatic rings. The van der Waals surface area contributed by atoms with Crippen LogP contribution in [0.25, 0.3) is 77.8 Å². The molecule has 0 aliphatic carbocycles. The van der Waals surface area contributed by atoms with E-state index in [0.717, 1.165) is 39.4 Å². The van der Waals surface area contributed by atoms with Crippen LogP contribution in [0.3, 0.4) is 0 Å². The molecule has 0 amide bonds. The predicted molar refractivity (Wildman–Crippen MR) is 265 cm³/mol. The Kier molecular flexibility index (Phi) is 8.80. The van der Waals surface area contributed by atoms with Gasteiger partial charge in [0.1, 0.15) is 5.82 Å². The average Bonchev–Trinajstić information content (AvgIpc) is 3.88. The van der Waals surface area contributed by atoms with Gasteiger partial charge in [0, 0.05) is 44.4 Å². The van der Waals surface area contributed by atoms with Crippen molar-refractivity contribution >= 4 is 72.4 Å². The Labute approximate surface area is 366 Å². The fourth-order valence-corrected chi connectivity index (χ4v) is 14.7. The van der Waals surface area contributed by atoms with Crippen molar-refractivity contribution in [2.24, 2.45) is 0 Å². The highest BCUT2D eigenvalue weighted by molar-refractivity contribution is 7.19. The van der Waals surface area contributed by atoms with Gasteiger partial charge in [-0.2, -0.15) is 0 Å². The van der Waals surface area contributed by atoms with E-state index in [0.29, 0.717) is 5.82 Å². The van der Waals surface area contributed by atoms with Crippen LogP contribution >= 0.6 is 0 Å². The van der Waals surface area contributed by atoms with Crippen molar-refractivity contribution in [3.05, 3.63) is 243 Å². The summed E-state index contributed by atoms with van der Waals surface area (Å²) in [4.78, 5) is 10.7. The largest absolute Gasteiger partial charge is 0.309 e. The molecule has 0 atom stereocenters. The molecule has 5 heteroatoms. The van der Waals surface area contributed by atoms with E-state index < -0.39 is 8.07 Å². The fraction of sp³-hybridized carbons (Fsp3) is 0. The predicted octanol–water partition coefficient (Wildman–Crippen LogP) is 11.4. The zero-order valence-electron chi connectivity index (χ0n) is 34.4. The quantitative estimate of drug-likeness (QED) is 0.113.